The number of halogens is 1. The van der Waals surface area contributed by atoms with E-state index < -0.39 is 0 Å². The Morgan fingerprint density at radius 2 is 1.69 bits per heavy atom. The molecule has 0 N–H and O–H groups in total. The number of likely N-dealkylation sites (tertiary alicyclic amines) is 1. The summed E-state index contributed by atoms with van der Waals surface area (Å²) in [6.45, 7) is 3.62. The molecule has 0 saturated carbocycles. The molecule has 1 saturated heterocycles. The third kappa shape index (κ3) is 5.35. The summed E-state index contributed by atoms with van der Waals surface area (Å²) < 4.78 is 11.5. The fraction of sp³-hybridized carbons (Fsp3) is 0.357. The first-order valence-corrected chi connectivity index (χ1v) is 11.8. The van der Waals surface area contributed by atoms with Gasteiger partial charge in [0.2, 0.25) is 0 Å². The van der Waals surface area contributed by atoms with Crippen LogP contribution in [0, 0.1) is 0 Å². The first kappa shape index (κ1) is 22.8. The van der Waals surface area contributed by atoms with Gasteiger partial charge in [-0.25, -0.2) is 0 Å². The molecular formula is C28H32ClNO2. The monoisotopic (exact) mass is 449 g/mol. The van der Waals surface area contributed by atoms with Gasteiger partial charge in [-0.3, -0.25) is 0 Å². The molecule has 1 atom stereocenters. The van der Waals surface area contributed by atoms with Gasteiger partial charge in [0.15, 0.2) is 0 Å². The summed E-state index contributed by atoms with van der Waals surface area (Å²) in [5, 5.41) is 0.741. The van der Waals surface area contributed by atoms with Crippen LogP contribution in [-0.4, -0.2) is 38.8 Å². The summed E-state index contributed by atoms with van der Waals surface area (Å²) >= 11 is 6.66. The molecule has 3 nitrogen and oxygen atoms in total. The van der Waals surface area contributed by atoms with Gasteiger partial charge in [-0.2, -0.15) is 0 Å². The molecule has 3 aromatic rings. The van der Waals surface area contributed by atoms with Crippen LogP contribution in [0.4, 0.5) is 0 Å². The van der Waals surface area contributed by atoms with Crippen molar-refractivity contribution < 1.29 is 9.47 Å². The number of methoxy groups -OCH3 is 2. The number of hydrogen-bond acceptors (Lipinski definition) is 3. The standard InChI is InChI=1S/C28H32ClNO2/c1-31-27-15-13-22(19-23(27)11-8-18-30-16-6-7-17-30)25-20-24(12-14-26(25)29)28(32-2)21-9-4-3-5-10-21/h3-5,9-10,12-15,19-20,28H,6-8,11,16-18H2,1-2H3. The molecular weight excluding hydrogens is 418 g/mol. The number of rotatable bonds is 9. The van der Waals surface area contributed by atoms with Crippen molar-refractivity contribution in [2.24, 2.45) is 0 Å². The average molecular weight is 450 g/mol. The molecule has 168 valence electrons. The highest BCUT2D eigenvalue weighted by Crippen LogP contribution is 2.36. The molecule has 32 heavy (non-hydrogen) atoms. The van der Waals surface area contributed by atoms with Crippen molar-refractivity contribution in [3.8, 4) is 16.9 Å². The molecule has 4 heteroatoms. The molecule has 1 unspecified atom stereocenters. The van der Waals surface area contributed by atoms with Crippen LogP contribution >= 0.6 is 11.6 Å². The Balaban J connectivity index is 1.60. The zero-order valence-electron chi connectivity index (χ0n) is 19.0. The smallest absolute Gasteiger partial charge is 0.122 e. The van der Waals surface area contributed by atoms with Crippen LogP contribution in [0.25, 0.3) is 11.1 Å². The average Bonchev–Trinajstić information content (AvgIpc) is 3.35. The van der Waals surface area contributed by atoms with Crippen LogP contribution in [0.2, 0.25) is 5.02 Å². The molecule has 3 aromatic carbocycles. The highest BCUT2D eigenvalue weighted by Gasteiger charge is 2.17. The van der Waals surface area contributed by atoms with Crippen LogP contribution in [0.3, 0.4) is 0 Å². The minimum absolute atomic E-state index is 0.134. The van der Waals surface area contributed by atoms with Crippen LogP contribution in [0.15, 0.2) is 66.7 Å². The van der Waals surface area contributed by atoms with Crippen LogP contribution in [0.1, 0.15) is 42.1 Å². The van der Waals surface area contributed by atoms with E-state index in [2.05, 4.69) is 41.3 Å². The van der Waals surface area contributed by atoms with Crippen molar-refractivity contribution in [2.45, 2.75) is 31.8 Å². The molecule has 1 aliphatic rings. The van der Waals surface area contributed by atoms with Gasteiger partial charge in [0, 0.05) is 17.7 Å². The quantitative estimate of drug-likeness (QED) is 0.359. The normalized spacial score (nSPS) is 15.1. The SMILES string of the molecule is COc1ccc(-c2cc(C(OC)c3ccccc3)ccc2Cl)cc1CCCN1CCCC1. The van der Waals surface area contributed by atoms with E-state index in [0.717, 1.165) is 52.4 Å². The summed E-state index contributed by atoms with van der Waals surface area (Å²) in [5.41, 5.74) is 5.57. The topological polar surface area (TPSA) is 21.7 Å². The summed E-state index contributed by atoms with van der Waals surface area (Å²) in [6.07, 6.45) is 4.66. The lowest BCUT2D eigenvalue weighted by Crippen LogP contribution is -2.20. The fourth-order valence-electron chi connectivity index (χ4n) is 4.66. The van der Waals surface area contributed by atoms with Crippen molar-refractivity contribution in [2.75, 3.05) is 33.9 Å². The summed E-state index contributed by atoms with van der Waals surface area (Å²) in [4.78, 5) is 2.56. The van der Waals surface area contributed by atoms with Crippen molar-refractivity contribution in [1.29, 1.82) is 0 Å². The highest BCUT2D eigenvalue weighted by atomic mass is 35.5. The van der Waals surface area contributed by atoms with Crippen molar-refractivity contribution in [3.05, 3.63) is 88.4 Å². The van der Waals surface area contributed by atoms with Gasteiger partial charge in [-0.15, -0.1) is 0 Å². The predicted octanol–water partition coefficient (Wildman–Crippen LogP) is 6.78. The van der Waals surface area contributed by atoms with Gasteiger partial charge in [0.1, 0.15) is 11.9 Å². The van der Waals surface area contributed by atoms with Gasteiger partial charge < -0.3 is 14.4 Å². The van der Waals surface area contributed by atoms with Crippen LogP contribution in [0.5, 0.6) is 5.75 Å². The zero-order valence-corrected chi connectivity index (χ0v) is 19.8. The maximum atomic E-state index is 6.66. The molecule has 0 spiro atoms. The third-order valence-electron chi connectivity index (χ3n) is 6.34. The third-order valence-corrected chi connectivity index (χ3v) is 6.67. The molecule has 1 heterocycles. The Morgan fingerprint density at radius 1 is 0.906 bits per heavy atom. The lowest BCUT2D eigenvalue weighted by molar-refractivity contribution is 0.136. The number of benzene rings is 3. The molecule has 0 amide bonds. The van der Waals surface area contributed by atoms with E-state index in [1.54, 1.807) is 14.2 Å². The van der Waals surface area contributed by atoms with Gasteiger partial charge >= 0.3 is 0 Å². The first-order valence-electron chi connectivity index (χ1n) is 11.5. The number of ether oxygens (including phenoxy) is 2. The molecule has 1 fully saturated rings. The number of hydrogen-bond donors (Lipinski definition) is 0. The maximum Gasteiger partial charge on any atom is 0.122 e. The van der Waals surface area contributed by atoms with E-state index >= 15 is 0 Å². The number of nitrogens with zero attached hydrogens (tertiary/aromatic N) is 1. The highest BCUT2D eigenvalue weighted by molar-refractivity contribution is 6.33. The Morgan fingerprint density at radius 3 is 2.41 bits per heavy atom. The van der Waals surface area contributed by atoms with Crippen molar-refractivity contribution in [1.82, 2.24) is 4.90 Å². The zero-order chi connectivity index (χ0) is 22.3. The Bertz CT molecular complexity index is 1020. The van der Waals surface area contributed by atoms with E-state index in [0.29, 0.717) is 0 Å². The summed E-state index contributed by atoms with van der Waals surface area (Å²) in [6, 6.07) is 22.8. The van der Waals surface area contributed by atoms with Gasteiger partial charge in [0.25, 0.3) is 0 Å². The summed E-state index contributed by atoms with van der Waals surface area (Å²) in [7, 11) is 3.49. The van der Waals surface area contributed by atoms with E-state index in [-0.39, 0.29) is 6.10 Å². The van der Waals surface area contributed by atoms with Gasteiger partial charge in [-0.1, -0.05) is 54.1 Å². The minimum Gasteiger partial charge on any atom is -0.496 e. The molecule has 4 rings (SSSR count). The molecule has 1 aliphatic heterocycles. The Kier molecular flexibility index (Phi) is 7.85. The van der Waals surface area contributed by atoms with Crippen LogP contribution in [-0.2, 0) is 11.2 Å². The molecule has 0 radical (unpaired) electrons. The largest absolute Gasteiger partial charge is 0.496 e. The van der Waals surface area contributed by atoms with E-state index in [1.807, 2.05) is 30.3 Å². The number of aryl methyl sites for hydroxylation is 1. The fourth-order valence-corrected chi connectivity index (χ4v) is 4.89. The molecule has 0 bridgehead atoms. The second-order valence-electron chi connectivity index (χ2n) is 8.44. The second-order valence-corrected chi connectivity index (χ2v) is 8.85. The molecule has 0 aromatic heterocycles. The van der Waals surface area contributed by atoms with E-state index in [1.165, 1.54) is 31.5 Å². The van der Waals surface area contributed by atoms with Crippen LogP contribution < -0.4 is 4.74 Å². The van der Waals surface area contributed by atoms with E-state index in [9.17, 15) is 0 Å². The lowest BCUT2D eigenvalue weighted by Gasteiger charge is -2.19. The van der Waals surface area contributed by atoms with Crippen molar-refractivity contribution in [3.63, 3.8) is 0 Å². The summed E-state index contributed by atoms with van der Waals surface area (Å²) in [5.74, 6) is 0.946. The Hall–Kier alpha value is -2.33. The van der Waals surface area contributed by atoms with Gasteiger partial charge in [0.05, 0.1) is 7.11 Å². The predicted molar refractivity (Wildman–Crippen MR) is 133 cm³/mol. The van der Waals surface area contributed by atoms with Gasteiger partial charge in [-0.05, 0) is 91.8 Å². The van der Waals surface area contributed by atoms with E-state index in [4.69, 9.17) is 21.1 Å². The lowest BCUT2D eigenvalue weighted by atomic mass is 9.95. The second kappa shape index (κ2) is 11.0. The Labute approximate surface area is 196 Å². The maximum absolute atomic E-state index is 6.66. The first-order chi connectivity index (χ1) is 15.7. The molecule has 0 aliphatic carbocycles. The minimum atomic E-state index is -0.134. The van der Waals surface area contributed by atoms with Crippen molar-refractivity contribution >= 4 is 11.6 Å².